The Bertz CT molecular complexity index is 538. The molecule has 0 bridgehead atoms. The number of phenols is 3. The summed E-state index contributed by atoms with van der Waals surface area (Å²) in [4.78, 5) is 0. The van der Waals surface area contributed by atoms with Gasteiger partial charge in [0.1, 0.15) is 5.75 Å². The van der Waals surface area contributed by atoms with Crippen LogP contribution >= 0.6 is 11.6 Å². The second-order valence-electron chi connectivity index (χ2n) is 3.37. The molecule has 0 spiro atoms. The summed E-state index contributed by atoms with van der Waals surface area (Å²) in [7, 11) is 0. The average molecular weight is 237 g/mol. The van der Waals surface area contributed by atoms with Gasteiger partial charge in [0.25, 0.3) is 0 Å². The first-order chi connectivity index (χ1) is 7.58. The minimum atomic E-state index is -0.358. The number of benzene rings is 2. The lowest BCUT2D eigenvalue weighted by Crippen LogP contribution is -1.80. The predicted octanol–water partition coefficient (Wildman–Crippen LogP) is 3.12. The van der Waals surface area contributed by atoms with E-state index in [-0.39, 0.29) is 17.2 Å². The normalized spacial score (nSPS) is 10.3. The van der Waals surface area contributed by atoms with Crippen molar-refractivity contribution in [2.75, 3.05) is 0 Å². The molecular formula is C12H9ClO3. The number of aromatic hydroxyl groups is 3. The van der Waals surface area contributed by atoms with Crippen molar-refractivity contribution in [1.82, 2.24) is 0 Å². The molecule has 0 atom stereocenters. The quantitative estimate of drug-likeness (QED) is 0.527. The molecule has 0 aliphatic rings. The van der Waals surface area contributed by atoms with Gasteiger partial charge in [0.05, 0.1) is 0 Å². The van der Waals surface area contributed by atoms with E-state index >= 15 is 0 Å². The molecule has 0 heterocycles. The summed E-state index contributed by atoms with van der Waals surface area (Å²) in [5.41, 5.74) is 1.08. The van der Waals surface area contributed by atoms with E-state index in [0.29, 0.717) is 16.1 Å². The van der Waals surface area contributed by atoms with E-state index in [1.165, 1.54) is 6.07 Å². The Balaban J connectivity index is 2.60. The van der Waals surface area contributed by atoms with Crippen LogP contribution in [0.4, 0.5) is 0 Å². The summed E-state index contributed by atoms with van der Waals surface area (Å²) < 4.78 is 0. The van der Waals surface area contributed by atoms with Crippen molar-refractivity contribution in [3.63, 3.8) is 0 Å². The van der Waals surface area contributed by atoms with Crippen LogP contribution in [0.25, 0.3) is 11.1 Å². The minimum Gasteiger partial charge on any atom is -0.507 e. The summed E-state index contributed by atoms with van der Waals surface area (Å²) in [6, 6.07) is 9.23. The molecule has 0 unspecified atom stereocenters. The van der Waals surface area contributed by atoms with Gasteiger partial charge in [-0.2, -0.15) is 0 Å². The molecule has 0 aromatic heterocycles. The second kappa shape index (κ2) is 3.94. The number of halogens is 1. The number of rotatable bonds is 1. The fourth-order valence-electron chi connectivity index (χ4n) is 1.45. The number of phenolic OH excluding ortho intramolecular Hbond substituents is 3. The Hall–Kier alpha value is -1.87. The Kier molecular flexibility index (Phi) is 2.62. The summed E-state index contributed by atoms with van der Waals surface area (Å²) in [5, 5.41) is 28.7. The molecule has 16 heavy (non-hydrogen) atoms. The fraction of sp³-hybridized carbons (Fsp3) is 0. The van der Waals surface area contributed by atoms with Gasteiger partial charge >= 0.3 is 0 Å². The van der Waals surface area contributed by atoms with E-state index < -0.39 is 0 Å². The van der Waals surface area contributed by atoms with Gasteiger partial charge in [-0.25, -0.2) is 0 Å². The lowest BCUT2D eigenvalue weighted by molar-refractivity contribution is 0.397. The van der Waals surface area contributed by atoms with Crippen molar-refractivity contribution in [3.8, 4) is 28.4 Å². The van der Waals surface area contributed by atoms with E-state index in [1.54, 1.807) is 24.3 Å². The van der Waals surface area contributed by atoms with Gasteiger partial charge in [0, 0.05) is 16.7 Å². The first-order valence-electron chi connectivity index (χ1n) is 4.59. The Morgan fingerprint density at radius 2 is 1.50 bits per heavy atom. The standard InChI is InChI=1S/C12H9ClO3/c13-8-3-1-2-7(4-8)9-5-11(15)12(16)6-10(9)14/h1-6,14-16H. The summed E-state index contributed by atoms with van der Waals surface area (Å²) in [6.07, 6.45) is 0. The summed E-state index contributed by atoms with van der Waals surface area (Å²) in [6.45, 7) is 0. The SMILES string of the molecule is Oc1cc(O)c(-c2cccc(Cl)c2)cc1O. The van der Waals surface area contributed by atoms with Gasteiger partial charge in [-0.15, -0.1) is 0 Å². The molecule has 82 valence electrons. The van der Waals surface area contributed by atoms with Crippen molar-refractivity contribution in [3.05, 3.63) is 41.4 Å². The third kappa shape index (κ3) is 1.90. The van der Waals surface area contributed by atoms with Crippen LogP contribution in [-0.2, 0) is 0 Å². The van der Waals surface area contributed by atoms with Gasteiger partial charge in [0.15, 0.2) is 11.5 Å². The molecule has 2 rings (SSSR count). The zero-order valence-electron chi connectivity index (χ0n) is 8.18. The van der Waals surface area contributed by atoms with Crippen molar-refractivity contribution in [1.29, 1.82) is 0 Å². The zero-order chi connectivity index (χ0) is 11.7. The predicted molar refractivity (Wildman–Crippen MR) is 61.9 cm³/mol. The van der Waals surface area contributed by atoms with Crippen molar-refractivity contribution in [2.45, 2.75) is 0 Å². The second-order valence-corrected chi connectivity index (χ2v) is 3.80. The van der Waals surface area contributed by atoms with Gasteiger partial charge in [-0.05, 0) is 23.8 Å². The van der Waals surface area contributed by atoms with Gasteiger partial charge < -0.3 is 15.3 Å². The van der Waals surface area contributed by atoms with E-state index in [2.05, 4.69) is 0 Å². The van der Waals surface area contributed by atoms with Crippen LogP contribution in [0.5, 0.6) is 17.2 Å². The highest BCUT2D eigenvalue weighted by molar-refractivity contribution is 6.30. The van der Waals surface area contributed by atoms with Crippen LogP contribution in [0, 0.1) is 0 Å². The lowest BCUT2D eigenvalue weighted by atomic mass is 10.0. The molecule has 3 N–H and O–H groups in total. The molecule has 0 aliphatic carbocycles. The zero-order valence-corrected chi connectivity index (χ0v) is 8.94. The summed E-state index contributed by atoms with van der Waals surface area (Å²) >= 11 is 5.82. The van der Waals surface area contributed by atoms with Crippen LogP contribution in [0.1, 0.15) is 0 Å². The Labute approximate surface area is 97.2 Å². The van der Waals surface area contributed by atoms with Crippen molar-refractivity contribution >= 4 is 11.6 Å². The molecule has 0 fully saturated rings. The Morgan fingerprint density at radius 1 is 0.812 bits per heavy atom. The van der Waals surface area contributed by atoms with Gasteiger partial charge in [-0.3, -0.25) is 0 Å². The van der Waals surface area contributed by atoms with Gasteiger partial charge in [0.2, 0.25) is 0 Å². The van der Waals surface area contributed by atoms with Gasteiger partial charge in [-0.1, -0.05) is 23.7 Å². The molecule has 0 amide bonds. The van der Waals surface area contributed by atoms with Crippen LogP contribution in [0.3, 0.4) is 0 Å². The molecule has 0 saturated heterocycles. The van der Waals surface area contributed by atoms with E-state index in [9.17, 15) is 15.3 Å². The highest BCUT2D eigenvalue weighted by Gasteiger charge is 2.09. The highest BCUT2D eigenvalue weighted by atomic mass is 35.5. The first kappa shape index (κ1) is 10.6. The maximum absolute atomic E-state index is 9.65. The average Bonchev–Trinajstić information content (AvgIpc) is 2.23. The highest BCUT2D eigenvalue weighted by Crippen LogP contribution is 2.38. The molecule has 0 radical (unpaired) electrons. The van der Waals surface area contributed by atoms with E-state index in [0.717, 1.165) is 6.07 Å². The first-order valence-corrected chi connectivity index (χ1v) is 4.96. The maximum Gasteiger partial charge on any atom is 0.161 e. The number of hydrogen-bond donors (Lipinski definition) is 3. The molecule has 2 aromatic rings. The molecular weight excluding hydrogens is 228 g/mol. The third-order valence-corrected chi connectivity index (χ3v) is 2.46. The van der Waals surface area contributed by atoms with Crippen LogP contribution in [-0.4, -0.2) is 15.3 Å². The molecule has 0 saturated carbocycles. The largest absolute Gasteiger partial charge is 0.507 e. The summed E-state index contributed by atoms with van der Waals surface area (Å²) in [5.74, 6) is -0.756. The maximum atomic E-state index is 9.65. The molecule has 0 aliphatic heterocycles. The monoisotopic (exact) mass is 236 g/mol. The number of hydrogen-bond acceptors (Lipinski definition) is 3. The smallest absolute Gasteiger partial charge is 0.161 e. The Morgan fingerprint density at radius 3 is 2.19 bits per heavy atom. The third-order valence-electron chi connectivity index (χ3n) is 2.23. The van der Waals surface area contributed by atoms with E-state index in [4.69, 9.17) is 11.6 Å². The van der Waals surface area contributed by atoms with E-state index in [1.807, 2.05) is 0 Å². The molecule has 3 nitrogen and oxygen atoms in total. The van der Waals surface area contributed by atoms with Crippen molar-refractivity contribution < 1.29 is 15.3 Å². The minimum absolute atomic E-state index is 0.113. The van der Waals surface area contributed by atoms with Crippen LogP contribution in [0.15, 0.2) is 36.4 Å². The fourth-order valence-corrected chi connectivity index (χ4v) is 1.64. The molecule has 2 aromatic carbocycles. The lowest BCUT2D eigenvalue weighted by Gasteiger charge is -2.07. The van der Waals surface area contributed by atoms with Crippen LogP contribution < -0.4 is 0 Å². The topological polar surface area (TPSA) is 60.7 Å². The molecule has 4 heteroatoms. The van der Waals surface area contributed by atoms with Crippen molar-refractivity contribution in [2.24, 2.45) is 0 Å². The van der Waals surface area contributed by atoms with Crippen LogP contribution in [0.2, 0.25) is 5.02 Å².